The number of fused-ring (bicyclic) bond motifs is 3. The number of sulfonamides is 1. The van der Waals surface area contributed by atoms with E-state index in [0.717, 1.165) is 4.90 Å². The summed E-state index contributed by atoms with van der Waals surface area (Å²) >= 11 is 0. The molecule has 2 aliphatic carbocycles. The lowest BCUT2D eigenvalue weighted by Crippen LogP contribution is -2.58. The van der Waals surface area contributed by atoms with Gasteiger partial charge in [-0.15, -0.1) is 0 Å². The predicted octanol–water partition coefficient (Wildman–Crippen LogP) is 3.08. The van der Waals surface area contributed by atoms with Crippen molar-refractivity contribution < 1.29 is 54.7 Å². The van der Waals surface area contributed by atoms with Crippen LogP contribution in [0.3, 0.4) is 0 Å². The number of allylic oxidation sites excluding steroid dienone is 1. The fraction of sp³-hybridized carbons (Fsp3) is 0.618. The Kier molecular flexibility index (Phi) is 10.6. The number of ether oxygens (including phenoxy) is 1. The number of hydrogen-bond donors (Lipinski definition) is 3. The molecule has 3 heterocycles. The van der Waals surface area contributed by atoms with Gasteiger partial charge in [-0.1, -0.05) is 37.1 Å². The summed E-state index contributed by atoms with van der Waals surface area (Å²) in [6.45, 7) is -0.332. The molecule has 18 heteroatoms. The number of halogens is 4. The van der Waals surface area contributed by atoms with Crippen LogP contribution in [0.25, 0.3) is 0 Å². The van der Waals surface area contributed by atoms with E-state index in [4.69, 9.17) is 4.74 Å². The van der Waals surface area contributed by atoms with Crippen molar-refractivity contribution in [3.63, 3.8) is 0 Å². The van der Waals surface area contributed by atoms with Gasteiger partial charge >= 0.3 is 12.3 Å². The zero-order valence-electron chi connectivity index (χ0n) is 28.3. The van der Waals surface area contributed by atoms with E-state index in [1.807, 2.05) is 6.08 Å². The molecule has 3 fully saturated rings. The Balaban J connectivity index is 1.24. The maximum atomic E-state index is 14.4. The van der Waals surface area contributed by atoms with Crippen molar-refractivity contribution in [3.8, 4) is 0 Å². The van der Waals surface area contributed by atoms with Crippen molar-refractivity contribution in [2.75, 3.05) is 6.54 Å². The molecule has 5 aliphatic rings. The Bertz CT molecular complexity index is 1750. The van der Waals surface area contributed by atoms with Gasteiger partial charge in [0, 0.05) is 30.9 Å². The fourth-order valence-electron chi connectivity index (χ4n) is 7.10. The second-order valence-corrected chi connectivity index (χ2v) is 16.2. The summed E-state index contributed by atoms with van der Waals surface area (Å²) in [5, 5.41) is 4.38. The highest BCUT2D eigenvalue weighted by molar-refractivity contribution is 7.91. The van der Waals surface area contributed by atoms with Gasteiger partial charge in [0.1, 0.15) is 29.5 Å². The molecule has 5 amide bonds. The Morgan fingerprint density at radius 3 is 2.54 bits per heavy atom. The molecule has 1 aromatic rings. The first-order valence-corrected chi connectivity index (χ1v) is 19.0. The number of amides is 5. The minimum atomic E-state index is -4.60. The van der Waals surface area contributed by atoms with E-state index in [1.54, 1.807) is 12.1 Å². The summed E-state index contributed by atoms with van der Waals surface area (Å²) in [5.41, 5.74) is -0.719. The summed E-state index contributed by atoms with van der Waals surface area (Å²) in [5.74, 6) is -4.58. The molecule has 0 radical (unpaired) electrons. The highest BCUT2D eigenvalue weighted by atomic mass is 32.2. The average molecular weight is 756 g/mol. The first-order valence-electron chi connectivity index (χ1n) is 17.5. The molecular formula is C34H41F4N5O8S. The molecule has 0 spiro atoms. The maximum absolute atomic E-state index is 14.4. The number of nitrogens with one attached hydrogen (secondary N) is 3. The van der Waals surface area contributed by atoms with E-state index in [9.17, 15) is 50.0 Å². The first-order chi connectivity index (χ1) is 24.6. The Morgan fingerprint density at radius 1 is 1.06 bits per heavy atom. The summed E-state index contributed by atoms with van der Waals surface area (Å²) in [6.07, 6.45) is -2.35. The third kappa shape index (κ3) is 8.52. The number of nitrogens with zero attached hydrogens (tertiary/aromatic N) is 2. The van der Waals surface area contributed by atoms with Crippen molar-refractivity contribution in [2.45, 2.75) is 119 Å². The van der Waals surface area contributed by atoms with Crippen LogP contribution in [0.1, 0.15) is 81.8 Å². The zero-order chi connectivity index (χ0) is 37.4. The van der Waals surface area contributed by atoms with Gasteiger partial charge in [-0.05, 0) is 50.2 Å². The van der Waals surface area contributed by atoms with E-state index in [1.165, 1.54) is 17.0 Å². The van der Waals surface area contributed by atoms with Crippen molar-refractivity contribution >= 4 is 39.7 Å². The molecule has 0 bridgehead atoms. The molecule has 1 saturated heterocycles. The van der Waals surface area contributed by atoms with E-state index in [2.05, 4.69) is 15.4 Å². The number of carbonyl (C=O) groups excluding carboxylic acids is 5. The van der Waals surface area contributed by atoms with E-state index >= 15 is 0 Å². The van der Waals surface area contributed by atoms with Crippen molar-refractivity contribution in [3.05, 3.63) is 47.3 Å². The summed E-state index contributed by atoms with van der Waals surface area (Å²) in [4.78, 5) is 70.0. The average Bonchev–Trinajstić information content (AvgIpc) is 3.96. The third-order valence-electron chi connectivity index (χ3n) is 10.3. The van der Waals surface area contributed by atoms with Crippen LogP contribution in [0.15, 0.2) is 30.4 Å². The Morgan fingerprint density at radius 2 is 1.83 bits per heavy atom. The Hall–Kier alpha value is -4.22. The molecular weight excluding hydrogens is 714 g/mol. The van der Waals surface area contributed by atoms with Crippen LogP contribution in [0.2, 0.25) is 0 Å². The quantitative estimate of drug-likeness (QED) is 0.282. The second-order valence-electron chi connectivity index (χ2n) is 14.2. The number of rotatable bonds is 7. The van der Waals surface area contributed by atoms with Crippen LogP contribution >= 0.6 is 0 Å². The lowest BCUT2D eigenvalue weighted by Gasteiger charge is -2.30. The summed E-state index contributed by atoms with van der Waals surface area (Å²) in [7, 11) is -3.98. The number of alkyl halides is 3. The van der Waals surface area contributed by atoms with Gasteiger partial charge in [0.25, 0.3) is 5.91 Å². The standard InChI is InChI=1S/C34H41F4N5O8S/c35-25-9-6-7-20-17-42(19-24(20)25)32(48)51-22-15-27-29(45)40-33(31(47)41-52(49,50)23-11-12-23)16-21(33)8-4-2-1-3-5-10-26(30(46)43(27)18-22)39-28(44)13-14-34(36,37)38/h4,6-9,21-23,26-27H,1-3,5,10-19H2,(H,39,44)(H,40,45)(H,41,47)/b8-4-/t21-,22-,26+,27?,33-/m1/s1. The SMILES string of the molecule is O=C(CCC(F)(F)F)N[C@H]1CCCCC/C=C\[C@@H]2C[C@@]2(C(=O)NS(=O)(=O)C2CC2)NC(=O)C2C[C@@H](OC(=O)N3Cc4cccc(F)c4C3)CN2C1=O. The summed E-state index contributed by atoms with van der Waals surface area (Å²) < 4.78 is 86.2. The van der Waals surface area contributed by atoms with Crippen LogP contribution in [-0.2, 0) is 47.0 Å². The van der Waals surface area contributed by atoms with Crippen molar-refractivity contribution in [1.29, 1.82) is 0 Å². The molecule has 13 nitrogen and oxygen atoms in total. The molecule has 0 aromatic heterocycles. The van der Waals surface area contributed by atoms with E-state index in [0.29, 0.717) is 49.7 Å². The molecule has 2 saturated carbocycles. The van der Waals surface area contributed by atoms with Gasteiger partial charge in [0.15, 0.2) is 0 Å². The fourth-order valence-corrected chi connectivity index (χ4v) is 8.46. The van der Waals surface area contributed by atoms with Gasteiger partial charge in [-0.3, -0.25) is 28.8 Å². The first kappa shape index (κ1) is 37.5. The van der Waals surface area contributed by atoms with Crippen LogP contribution < -0.4 is 15.4 Å². The molecule has 52 heavy (non-hydrogen) atoms. The van der Waals surface area contributed by atoms with Crippen LogP contribution in [-0.4, -0.2) is 89.6 Å². The smallest absolute Gasteiger partial charge is 0.410 e. The minimum Gasteiger partial charge on any atom is -0.444 e. The highest BCUT2D eigenvalue weighted by Gasteiger charge is 2.62. The lowest BCUT2D eigenvalue weighted by molar-refractivity contribution is -0.146. The zero-order valence-corrected chi connectivity index (χ0v) is 29.1. The van der Waals surface area contributed by atoms with Crippen LogP contribution in [0, 0.1) is 11.7 Å². The maximum Gasteiger partial charge on any atom is 0.410 e. The topological polar surface area (TPSA) is 171 Å². The van der Waals surface area contributed by atoms with Crippen LogP contribution in [0.4, 0.5) is 22.4 Å². The molecule has 6 rings (SSSR count). The number of carbonyl (C=O) groups is 5. The number of hydrogen-bond acceptors (Lipinski definition) is 8. The second kappa shape index (κ2) is 14.7. The largest absolute Gasteiger partial charge is 0.444 e. The van der Waals surface area contributed by atoms with Gasteiger partial charge in [0.05, 0.1) is 24.8 Å². The lowest BCUT2D eigenvalue weighted by atomic mass is 10.0. The number of benzene rings is 1. The van der Waals surface area contributed by atoms with Crippen molar-refractivity contribution in [1.82, 2.24) is 25.2 Å². The monoisotopic (exact) mass is 755 g/mol. The molecule has 5 atom stereocenters. The van der Waals surface area contributed by atoms with Gasteiger partial charge in [-0.2, -0.15) is 13.2 Å². The minimum absolute atomic E-state index is 0.0567. The molecule has 1 unspecified atom stereocenters. The van der Waals surface area contributed by atoms with E-state index in [-0.39, 0.29) is 38.9 Å². The van der Waals surface area contributed by atoms with Gasteiger partial charge in [0.2, 0.25) is 27.7 Å². The predicted molar refractivity (Wildman–Crippen MR) is 175 cm³/mol. The molecule has 1 aromatic carbocycles. The normalized spacial score (nSPS) is 28.7. The summed E-state index contributed by atoms with van der Waals surface area (Å²) in [6, 6.07) is 1.78. The van der Waals surface area contributed by atoms with E-state index < -0.39 is 99.5 Å². The molecule has 3 aliphatic heterocycles. The third-order valence-corrected chi connectivity index (χ3v) is 12.1. The molecule has 284 valence electrons. The Labute approximate surface area is 297 Å². The highest BCUT2D eigenvalue weighted by Crippen LogP contribution is 2.46. The van der Waals surface area contributed by atoms with Crippen molar-refractivity contribution in [2.24, 2.45) is 5.92 Å². The van der Waals surface area contributed by atoms with Crippen LogP contribution in [0.5, 0.6) is 0 Å². The molecule has 3 N–H and O–H groups in total. The van der Waals surface area contributed by atoms with Gasteiger partial charge in [-0.25, -0.2) is 17.6 Å². The van der Waals surface area contributed by atoms with Gasteiger partial charge < -0.3 is 20.3 Å².